The Labute approximate surface area is 100 Å². The Morgan fingerprint density at radius 1 is 1.59 bits per heavy atom. The van der Waals surface area contributed by atoms with Crippen molar-refractivity contribution < 1.29 is 4.39 Å². The molecule has 2 N–H and O–H groups in total. The van der Waals surface area contributed by atoms with Crippen LogP contribution >= 0.6 is 0 Å². The van der Waals surface area contributed by atoms with Crippen molar-refractivity contribution in [1.82, 2.24) is 14.9 Å². The zero-order chi connectivity index (χ0) is 12.4. The summed E-state index contributed by atoms with van der Waals surface area (Å²) in [6.45, 7) is 2.01. The molecule has 17 heavy (non-hydrogen) atoms. The Bertz CT molecular complexity index is 397. The van der Waals surface area contributed by atoms with Gasteiger partial charge in [0.2, 0.25) is 5.95 Å². The lowest BCUT2D eigenvalue weighted by Gasteiger charge is -2.36. The molecule has 2 rings (SSSR count). The maximum absolute atomic E-state index is 13.6. The first-order valence-corrected chi connectivity index (χ1v) is 5.77. The summed E-state index contributed by atoms with van der Waals surface area (Å²) in [6, 6.07) is 0.276. The van der Waals surface area contributed by atoms with Gasteiger partial charge in [-0.25, -0.2) is 9.37 Å². The molecule has 1 atom stereocenters. The lowest BCUT2D eigenvalue weighted by Crippen LogP contribution is -2.45. The van der Waals surface area contributed by atoms with Gasteiger partial charge in [0.05, 0.1) is 6.20 Å². The minimum atomic E-state index is -0.421. The first-order valence-electron chi connectivity index (χ1n) is 5.77. The summed E-state index contributed by atoms with van der Waals surface area (Å²) in [5.41, 5.74) is 5.50. The largest absolute Gasteiger partial charge is 0.368 e. The van der Waals surface area contributed by atoms with Crippen LogP contribution < -0.4 is 10.6 Å². The first kappa shape index (κ1) is 12.0. The molecule has 1 saturated heterocycles. The van der Waals surface area contributed by atoms with Gasteiger partial charge in [0.25, 0.3) is 0 Å². The molecular formula is C11H18FN5. The van der Waals surface area contributed by atoms with Crippen molar-refractivity contribution in [3.63, 3.8) is 0 Å². The summed E-state index contributed by atoms with van der Waals surface area (Å²) in [5, 5.41) is 0. The molecule has 2 heterocycles. The summed E-state index contributed by atoms with van der Waals surface area (Å²) < 4.78 is 13.6. The zero-order valence-corrected chi connectivity index (χ0v) is 10.2. The monoisotopic (exact) mass is 239 g/mol. The fourth-order valence-electron chi connectivity index (χ4n) is 2.25. The number of anilines is 2. The van der Waals surface area contributed by atoms with E-state index in [0.29, 0.717) is 0 Å². The van der Waals surface area contributed by atoms with Crippen molar-refractivity contribution in [1.29, 1.82) is 0 Å². The van der Waals surface area contributed by atoms with Gasteiger partial charge in [-0.3, -0.25) is 0 Å². The van der Waals surface area contributed by atoms with E-state index < -0.39 is 5.82 Å². The number of rotatable bonds is 2. The van der Waals surface area contributed by atoms with Gasteiger partial charge in [-0.2, -0.15) is 4.98 Å². The maximum Gasteiger partial charge on any atom is 0.222 e. The molecule has 0 radical (unpaired) electrons. The molecule has 1 aliphatic heterocycles. The number of likely N-dealkylation sites (tertiary alicyclic amines) is 1. The van der Waals surface area contributed by atoms with Crippen molar-refractivity contribution in [3.8, 4) is 0 Å². The minimum absolute atomic E-state index is 0.109. The Balaban J connectivity index is 2.18. The normalized spacial score (nSPS) is 21.5. The van der Waals surface area contributed by atoms with E-state index in [1.165, 1.54) is 0 Å². The van der Waals surface area contributed by atoms with E-state index in [9.17, 15) is 4.39 Å². The van der Waals surface area contributed by atoms with E-state index in [2.05, 4.69) is 21.9 Å². The Morgan fingerprint density at radius 3 is 3.06 bits per heavy atom. The predicted octanol–water partition coefficient (Wildman–Crippen LogP) is 0.728. The average molecular weight is 239 g/mol. The van der Waals surface area contributed by atoms with E-state index in [1.807, 2.05) is 11.9 Å². The molecular weight excluding hydrogens is 221 g/mol. The molecule has 5 nitrogen and oxygen atoms in total. The molecule has 0 aromatic carbocycles. The molecule has 0 aliphatic carbocycles. The van der Waals surface area contributed by atoms with Crippen molar-refractivity contribution in [2.24, 2.45) is 0 Å². The third kappa shape index (κ3) is 2.63. The quantitative estimate of drug-likeness (QED) is 0.824. The molecule has 1 fully saturated rings. The highest BCUT2D eigenvalue weighted by molar-refractivity contribution is 5.42. The van der Waals surface area contributed by atoms with Crippen LogP contribution in [-0.2, 0) is 0 Å². The van der Waals surface area contributed by atoms with Gasteiger partial charge in [-0.05, 0) is 26.4 Å². The number of nitrogen functional groups attached to an aromatic ring is 1. The third-order valence-electron chi connectivity index (χ3n) is 3.23. The van der Waals surface area contributed by atoms with Crippen LogP contribution in [0.15, 0.2) is 6.20 Å². The van der Waals surface area contributed by atoms with Crippen molar-refractivity contribution in [2.75, 3.05) is 37.8 Å². The van der Waals surface area contributed by atoms with Crippen molar-refractivity contribution >= 4 is 11.8 Å². The molecule has 1 unspecified atom stereocenters. The number of nitrogens with two attached hydrogens (primary N) is 1. The summed E-state index contributed by atoms with van der Waals surface area (Å²) in [4.78, 5) is 11.7. The number of likely N-dealkylation sites (N-methyl/N-ethyl adjacent to an activating group) is 2. The highest BCUT2D eigenvalue weighted by Gasteiger charge is 2.24. The first-order chi connectivity index (χ1) is 8.08. The molecule has 1 aliphatic rings. The number of piperidine rings is 1. The SMILES string of the molecule is CN1CCCC(N(C)c2nc(N)ncc2F)C1. The third-order valence-corrected chi connectivity index (χ3v) is 3.23. The lowest BCUT2D eigenvalue weighted by molar-refractivity contribution is 0.247. The number of hydrogen-bond acceptors (Lipinski definition) is 5. The van der Waals surface area contributed by atoms with Crippen LogP contribution in [0.1, 0.15) is 12.8 Å². The van der Waals surface area contributed by atoms with Crippen molar-refractivity contribution in [2.45, 2.75) is 18.9 Å². The van der Waals surface area contributed by atoms with E-state index in [-0.39, 0.29) is 17.8 Å². The van der Waals surface area contributed by atoms with E-state index in [4.69, 9.17) is 5.73 Å². The molecule has 1 aromatic heterocycles. The van der Waals surface area contributed by atoms with Crippen LogP contribution in [0.5, 0.6) is 0 Å². The van der Waals surface area contributed by atoms with Crippen molar-refractivity contribution in [3.05, 3.63) is 12.0 Å². The van der Waals surface area contributed by atoms with Crippen LogP contribution in [0.2, 0.25) is 0 Å². The molecule has 6 heteroatoms. The highest BCUT2D eigenvalue weighted by Crippen LogP contribution is 2.21. The van der Waals surface area contributed by atoms with Gasteiger partial charge >= 0.3 is 0 Å². The van der Waals surface area contributed by atoms with Crippen LogP contribution in [0.4, 0.5) is 16.2 Å². The molecule has 0 amide bonds. The average Bonchev–Trinajstić information content (AvgIpc) is 2.31. The highest BCUT2D eigenvalue weighted by atomic mass is 19.1. The lowest BCUT2D eigenvalue weighted by atomic mass is 10.1. The number of nitrogens with zero attached hydrogens (tertiary/aromatic N) is 4. The molecule has 0 spiro atoms. The summed E-state index contributed by atoms with van der Waals surface area (Å²) in [5.74, 6) is -0.0230. The van der Waals surface area contributed by atoms with Crippen LogP contribution in [0.3, 0.4) is 0 Å². The molecule has 0 bridgehead atoms. The summed E-state index contributed by atoms with van der Waals surface area (Å²) in [7, 11) is 3.93. The topological polar surface area (TPSA) is 58.3 Å². The summed E-state index contributed by atoms with van der Waals surface area (Å²) in [6.07, 6.45) is 3.29. The standard InChI is InChI=1S/C11H18FN5/c1-16-5-3-4-8(7-16)17(2)10-9(12)6-14-11(13)15-10/h6,8H,3-5,7H2,1-2H3,(H2,13,14,15). The van der Waals surface area contributed by atoms with Gasteiger partial charge in [-0.15, -0.1) is 0 Å². The van der Waals surface area contributed by atoms with Crippen LogP contribution in [0, 0.1) is 5.82 Å². The molecule has 0 saturated carbocycles. The number of aromatic nitrogens is 2. The van der Waals surface area contributed by atoms with Crippen LogP contribution in [0.25, 0.3) is 0 Å². The second-order valence-electron chi connectivity index (χ2n) is 4.57. The zero-order valence-electron chi connectivity index (χ0n) is 10.2. The number of hydrogen-bond donors (Lipinski definition) is 1. The summed E-state index contributed by atoms with van der Waals surface area (Å²) >= 11 is 0. The van der Waals surface area contributed by atoms with Gasteiger partial charge in [-0.1, -0.05) is 0 Å². The Hall–Kier alpha value is -1.43. The second kappa shape index (κ2) is 4.83. The number of halogens is 1. The van der Waals surface area contributed by atoms with Gasteiger partial charge in [0, 0.05) is 19.6 Å². The fourth-order valence-corrected chi connectivity index (χ4v) is 2.25. The maximum atomic E-state index is 13.6. The van der Waals surface area contributed by atoms with Crippen LogP contribution in [-0.4, -0.2) is 48.1 Å². The molecule has 94 valence electrons. The molecule has 1 aromatic rings. The smallest absolute Gasteiger partial charge is 0.222 e. The van der Waals surface area contributed by atoms with Gasteiger partial charge in [0.15, 0.2) is 11.6 Å². The fraction of sp³-hybridized carbons (Fsp3) is 0.636. The van der Waals surface area contributed by atoms with Gasteiger partial charge < -0.3 is 15.5 Å². The van der Waals surface area contributed by atoms with E-state index >= 15 is 0 Å². The minimum Gasteiger partial charge on any atom is -0.368 e. The van der Waals surface area contributed by atoms with E-state index in [0.717, 1.165) is 32.1 Å². The Morgan fingerprint density at radius 2 is 2.35 bits per heavy atom. The second-order valence-corrected chi connectivity index (χ2v) is 4.57. The Kier molecular flexibility index (Phi) is 3.42. The predicted molar refractivity (Wildman–Crippen MR) is 65.3 cm³/mol. The van der Waals surface area contributed by atoms with Gasteiger partial charge in [0.1, 0.15) is 0 Å². The van der Waals surface area contributed by atoms with E-state index in [1.54, 1.807) is 0 Å².